The third-order valence-corrected chi connectivity index (χ3v) is 8.40. The van der Waals surface area contributed by atoms with Crippen molar-refractivity contribution >= 4 is 81.4 Å². The first-order valence-electron chi connectivity index (χ1n) is 10.1. The van der Waals surface area contributed by atoms with Gasteiger partial charge in [0.15, 0.2) is 0 Å². The van der Waals surface area contributed by atoms with Crippen LogP contribution in [0.5, 0.6) is 0 Å². The molecule has 1 saturated heterocycles. The van der Waals surface area contributed by atoms with Gasteiger partial charge in [0, 0.05) is 10.7 Å². The Morgan fingerprint density at radius 1 is 0.714 bits per heavy atom. The average molecular weight is 573 g/mol. The van der Waals surface area contributed by atoms with E-state index < -0.39 is 35.6 Å². The molecule has 0 spiro atoms. The molecule has 0 N–H and O–H groups in total. The molecule has 5 rings (SSSR count). The number of fused-ring (bicyclic) bond motifs is 1. The number of imide groups is 1. The van der Waals surface area contributed by atoms with Gasteiger partial charge in [-0.25, -0.2) is 4.39 Å². The topological polar surface area (TPSA) is 57.7 Å². The minimum atomic E-state index is -1.25. The third-order valence-electron chi connectivity index (χ3n) is 6.19. The summed E-state index contributed by atoms with van der Waals surface area (Å²) in [4.78, 5) is 42.6. The Balaban J connectivity index is 1.65. The second-order valence-electron chi connectivity index (χ2n) is 8.02. The van der Waals surface area contributed by atoms with E-state index in [9.17, 15) is 18.8 Å². The van der Waals surface area contributed by atoms with E-state index in [1.165, 1.54) is 29.2 Å². The second-order valence-corrected chi connectivity index (χ2v) is 9.94. The van der Waals surface area contributed by atoms with Gasteiger partial charge >= 0.3 is 0 Å². The van der Waals surface area contributed by atoms with Crippen LogP contribution in [0, 0.1) is 12.7 Å². The van der Waals surface area contributed by atoms with Gasteiger partial charge in [-0.3, -0.25) is 19.3 Å². The first-order valence-corrected chi connectivity index (χ1v) is 12.0. The highest BCUT2D eigenvalue weighted by Crippen LogP contribution is 2.49. The van der Waals surface area contributed by atoms with Crippen molar-refractivity contribution in [3.63, 3.8) is 0 Å². The van der Waals surface area contributed by atoms with E-state index in [0.29, 0.717) is 21.8 Å². The lowest BCUT2D eigenvalue weighted by atomic mass is 9.85. The number of nitrogens with zero attached hydrogens (tertiary/aromatic N) is 2. The molecule has 0 bridgehead atoms. The number of amides is 3. The van der Waals surface area contributed by atoms with Crippen LogP contribution in [0.3, 0.4) is 0 Å². The highest BCUT2D eigenvalue weighted by Gasteiger charge is 2.58. The third kappa shape index (κ3) is 3.46. The summed E-state index contributed by atoms with van der Waals surface area (Å²) in [6.07, 6.45) is 0. The maximum Gasteiger partial charge on any atom is 0.264 e. The number of carbonyl (C=O) groups is 3. The largest absolute Gasteiger partial charge is 0.300 e. The van der Waals surface area contributed by atoms with Gasteiger partial charge in [-0.15, -0.1) is 0 Å². The molecule has 0 saturated carbocycles. The Hall–Kier alpha value is -2.35. The van der Waals surface area contributed by atoms with E-state index in [4.69, 9.17) is 58.0 Å². The molecule has 0 aliphatic carbocycles. The first kappa shape index (κ1) is 24.3. The highest BCUT2D eigenvalue weighted by atomic mass is 35.5. The molecule has 5 nitrogen and oxygen atoms in total. The molecule has 1 fully saturated rings. The van der Waals surface area contributed by atoms with Crippen molar-refractivity contribution in [2.45, 2.75) is 19.0 Å². The van der Waals surface area contributed by atoms with Crippen LogP contribution in [0.2, 0.25) is 25.1 Å². The van der Waals surface area contributed by atoms with Gasteiger partial charge in [0.25, 0.3) is 17.7 Å². The quantitative estimate of drug-likeness (QED) is 0.145. The molecule has 0 radical (unpaired) electrons. The number of benzene rings is 3. The van der Waals surface area contributed by atoms with Crippen LogP contribution in [0.25, 0.3) is 0 Å². The number of rotatable bonds is 3. The molecular formula is C24H12Cl5FN2O3. The summed E-state index contributed by atoms with van der Waals surface area (Å²) in [6.45, 7) is 1.74. The van der Waals surface area contributed by atoms with Crippen LogP contribution in [0.15, 0.2) is 42.5 Å². The average Bonchev–Trinajstić information content (AvgIpc) is 3.08. The summed E-state index contributed by atoms with van der Waals surface area (Å²) in [7, 11) is 0. The van der Waals surface area contributed by atoms with E-state index in [1.807, 2.05) is 0 Å². The Bertz CT molecular complexity index is 1410. The number of β-lactam (4-membered cyclic amide) rings is 1. The van der Waals surface area contributed by atoms with E-state index in [1.54, 1.807) is 25.1 Å². The lowest BCUT2D eigenvalue weighted by Gasteiger charge is -2.50. The summed E-state index contributed by atoms with van der Waals surface area (Å²) < 4.78 is 13.7. The molecule has 178 valence electrons. The van der Waals surface area contributed by atoms with Gasteiger partial charge in [0.1, 0.15) is 11.9 Å². The summed E-state index contributed by atoms with van der Waals surface area (Å²) in [5.74, 6) is -2.68. The maximum absolute atomic E-state index is 13.7. The molecule has 0 aromatic heterocycles. The molecule has 3 aromatic carbocycles. The van der Waals surface area contributed by atoms with Gasteiger partial charge in [0.05, 0.1) is 37.3 Å². The molecule has 3 aromatic rings. The molecule has 11 heteroatoms. The fraction of sp³-hybridized carbons (Fsp3) is 0.125. The maximum atomic E-state index is 13.7. The SMILES string of the molecule is Cc1c(Cl)cccc1N1C(=O)C(N2C(=O)c3c(Cl)c(Cl)c(Cl)c(Cl)c3C2=O)C1c1ccc(F)cc1. The van der Waals surface area contributed by atoms with E-state index in [0.717, 1.165) is 4.90 Å². The van der Waals surface area contributed by atoms with Crippen LogP contribution in [0.1, 0.15) is 37.9 Å². The van der Waals surface area contributed by atoms with E-state index >= 15 is 0 Å². The summed E-state index contributed by atoms with van der Waals surface area (Å²) in [5, 5.41) is -0.383. The Morgan fingerprint density at radius 3 is 1.80 bits per heavy atom. The standard InChI is InChI=1S/C24H12Cl5FN2O3/c1-9-12(25)3-2-4-13(9)31-20(10-5-7-11(30)8-6-10)21(24(31)35)32-22(33)14-15(23(32)34)17(27)19(29)18(28)16(14)26/h2-8,20-21H,1H3. The number of hydrogen-bond acceptors (Lipinski definition) is 3. The molecular weight excluding hydrogens is 561 g/mol. The molecule has 2 aliphatic heterocycles. The predicted octanol–water partition coefficient (Wildman–Crippen LogP) is 7.15. The highest BCUT2D eigenvalue weighted by molar-refractivity contribution is 6.55. The fourth-order valence-electron chi connectivity index (χ4n) is 4.46. The Labute approximate surface area is 223 Å². The van der Waals surface area contributed by atoms with Crippen molar-refractivity contribution in [3.05, 3.63) is 95.6 Å². The van der Waals surface area contributed by atoms with Crippen molar-refractivity contribution in [1.29, 1.82) is 0 Å². The zero-order valence-corrected chi connectivity index (χ0v) is 21.4. The Morgan fingerprint density at radius 2 is 1.26 bits per heavy atom. The van der Waals surface area contributed by atoms with Gasteiger partial charge in [-0.1, -0.05) is 76.2 Å². The van der Waals surface area contributed by atoms with Crippen molar-refractivity contribution in [1.82, 2.24) is 4.90 Å². The van der Waals surface area contributed by atoms with Crippen LogP contribution in [-0.4, -0.2) is 28.7 Å². The minimum Gasteiger partial charge on any atom is -0.300 e. The summed E-state index contributed by atoms with van der Waals surface area (Å²) in [5.41, 5.74) is 1.17. The Kier molecular flexibility index (Phi) is 6.01. The van der Waals surface area contributed by atoms with Crippen LogP contribution >= 0.6 is 58.0 Å². The zero-order valence-electron chi connectivity index (χ0n) is 17.6. The molecule has 2 aliphatic rings. The number of anilines is 1. The smallest absolute Gasteiger partial charge is 0.264 e. The lowest BCUT2D eigenvalue weighted by molar-refractivity contribution is -0.130. The zero-order chi connectivity index (χ0) is 25.3. The van der Waals surface area contributed by atoms with Crippen LogP contribution in [0.4, 0.5) is 10.1 Å². The normalized spacial score (nSPS) is 19.3. The van der Waals surface area contributed by atoms with Crippen LogP contribution < -0.4 is 4.90 Å². The van der Waals surface area contributed by atoms with Gasteiger partial charge < -0.3 is 4.90 Å². The van der Waals surface area contributed by atoms with E-state index in [-0.39, 0.29) is 31.2 Å². The number of halogens is 6. The molecule has 2 heterocycles. The first-order chi connectivity index (χ1) is 16.6. The second kappa shape index (κ2) is 8.64. The van der Waals surface area contributed by atoms with Crippen LogP contribution in [-0.2, 0) is 4.79 Å². The fourth-order valence-corrected chi connectivity index (χ4v) is 5.65. The van der Waals surface area contributed by atoms with Crippen molar-refractivity contribution in [3.8, 4) is 0 Å². The number of hydrogen-bond donors (Lipinski definition) is 0. The monoisotopic (exact) mass is 570 g/mol. The van der Waals surface area contributed by atoms with Crippen molar-refractivity contribution in [2.24, 2.45) is 0 Å². The molecule has 2 atom stereocenters. The minimum absolute atomic E-state index is 0.175. The van der Waals surface area contributed by atoms with Gasteiger partial charge in [0.2, 0.25) is 0 Å². The van der Waals surface area contributed by atoms with Crippen molar-refractivity contribution in [2.75, 3.05) is 4.90 Å². The van der Waals surface area contributed by atoms with Gasteiger partial charge in [-0.2, -0.15) is 0 Å². The van der Waals surface area contributed by atoms with E-state index in [2.05, 4.69) is 0 Å². The summed E-state index contributed by atoms with van der Waals surface area (Å²) >= 11 is 31.0. The van der Waals surface area contributed by atoms with Crippen molar-refractivity contribution < 1.29 is 18.8 Å². The lowest BCUT2D eigenvalue weighted by Crippen LogP contribution is -2.67. The number of carbonyl (C=O) groups excluding carboxylic acids is 3. The van der Waals surface area contributed by atoms with Gasteiger partial charge in [-0.05, 0) is 42.3 Å². The summed E-state index contributed by atoms with van der Waals surface area (Å²) in [6, 6.07) is 8.40. The molecule has 3 amide bonds. The predicted molar refractivity (Wildman–Crippen MR) is 134 cm³/mol. The molecule has 2 unspecified atom stereocenters. The molecule has 35 heavy (non-hydrogen) atoms.